The van der Waals surface area contributed by atoms with Gasteiger partial charge >= 0.3 is 0 Å². The molecule has 1 aliphatic carbocycles. The molecule has 0 bridgehead atoms. The summed E-state index contributed by atoms with van der Waals surface area (Å²) in [5.41, 5.74) is 0.716. The van der Waals surface area contributed by atoms with E-state index in [0.717, 1.165) is 12.8 Å². The highest BCUT2D eigenvalue weighted by Crippen LogP contribution is 2.26. The van der Waals surface area contributed by atoms with Gasteiger partial charge in [0, 0.05) is 36.8 Å². The first-order valence-corrected chi connectivity index (χ1v) is 7.00. The van der Waals surface area contributed by atoms with Gasteiger partial charge < -0.3 is 15.4 Å². The number of carbonyl (C=O) groups excluding carboxylic acids is 1. The van der Waals surface area contributed by atoms with Crippen molar-refractivity contribution >= 4 is 11.6 Å². The topological polar surface area (TPSA) is 93.5 Å². The molecule has 1 fully saturated rings. The average Bonchev–Trinajstić information content (AvgIpc) is 3.27. The minimum absolute atomic E-state index is 0.0213. The maximum atomic E-state index is 11.4. The third-order valence-electron chi connectivity index (χ3n) is 3.15. The van der Waals surface area contributed by atoms with Crippen LogP contribution in [-0.2, 0) is 11.3 Å². The Morgan fingerprint density at radius 3 is 2.86 bits per heavy atom. The van der Waals surface area contributed by atoms with Gasteiger partial charge in [0.05, 0.1) is 4.92 Å². The largest absolute Gasteiger partial charge is 0.483 e. The molecule has 1 aromatic carbocycles. The molecule has 7 heteroatoms. The van der Waals surface area contributed by atoms with Gasteiger partial charge in [-0.3, -0.25) is 14.9 Å². The fraction of sp³-hybridized carbons (Fsp3) is 0.500. The number of nitro groups is 1. The Balaban J connectivity index is 2.05. The summed E-state index contributed by atoms with van der Waals surface area (Å²) in [4.78, 5) is 21.8. The number of nitro benzene ring substituents is 1. The van der Waals surface area contributed by atoms with Gasteiger partial charge in [-0.05, 0) is 25.8 Å². The van der Waals surface area contributed by atoms with Crippen LogP contribution < -0.4 is 15.4 Å². The molecule has 0 spiro atoms. The van der Waals surface area contributed by atoms with Crippen molar-refractivity contribution in [2.24, 2.45) is 0 Å². The van der Waals surface area contributed by atoms with E-state index in [1.54, 1.807) is 6.07 Å². The van der Waals surface area contributed by atoms with E-state index in [2.05, 4.69) is 10.6 Å². The third-order valence-corrected chi connectivity index (χ3v) is 3.15. The SMILES string of the molecule is CCNC(=O)COc1ccc([N+](=O)[O-])cc1CNC1CC1. The molecule has 7 nitrogen and oxygen atoms in total. The minimum Gasteiger partial charge on any atom is -0.483 e. The second-order valence-electron chi connectivity index (χ2n) is 4.95. The lowest BCUT2D eigenvalue weighted by atomic mass is 10.1. The van der Waals surface area contributed by atoms with E-state index >= 15 is 0 Å². The smallest absolute Gasteiger partial charge is 0.270 e. The Hall–Kier alpha value is -2.15. The van der Waals surface area contributed by atoms with Gasteiger partial charge in [0.1, 0.15) is 5.75 Å². The maximum Gasteiger partial charge on any atom is 0.270 e. The molecule has 1 amide bonds. The first-order chi connectivity index (χ1) is 10.1. The van der Waals surface area contributed by atoms with Gasteiger partial charge in [0.15, 0.2) is 6.61 Å². The summed E-state index contributed by atoms with van der Waals surface area (Å²) < 4.78 is 5.46. The van der Waals surface area contributed by atoms with E-state index in [1.165, 1.54) is 12.1 Å². The van der Waals surface area contributed by atoms with Crippen LogP contribution in [0.5, 0.6) is 5.75 Å². The molecular weight excluding hydrogens is 274 g/mol. The molecule has 0 aromatic heterocycles. The standard InChI is InChI=1S/C14H19N3O4/c1-2-15-14(18)9-21-13-6-5-12(17(19)20)7-10(13)8-16-11-3-4-11/h5-7,11,16H,2-4,8-9H2,1H3,(H,15,18). The highest BCUT2D eigenvalue weighted by Gasteiger charge is 2.21. The number of likely N-dealkylation sites (N-methyl/N-ethyl adjacent to an activating group) is 1. The van der Waals surface area contributed by atoms with Crippen molar-refractivity contribution in [3.63, 3.8) is 0 Å². The van der Waals surface area contributed by atoms with Crippen LogP contribution in [0.3, 0.4) is 0 Å². The van der Waals surface area contributed by atoms with E-state index in [0.29, 0.717) is 30.4 Å². The average molecular weight is 293 g/mol. The molecule has 2 N–H and O–H groups in total. The molecule has 21 heavy (non-hydrogen) atoms. The van der Waals surface area contributed by atoms with Crippen LogP contribution in [0.25, 0.3) is 0 Å². The summed E-state index contributed by atoms with van der Waals surface area (Å²) in [7, 11) is 0. The van der Waals surface area contributed by atoms with Gasteiger partial charge in [0.2, 0.25) is 0 Å². The zero-order valence-corrected chi connectivity index (χ0v) is 11.9. The molecule has 0 radical (unpaired) electrons. The number of rotatable bonds is 8. The fourth-order valence-electron chi connectivity index (χ4n) is 1.89. The normalized spacial score (nSPS) is 13.8. The van der Waals surface area contributed by atoms with Gasteiger partial charge in [-0.15, -0.1) is 0 Å². The van der Waals surface area contributed by atoms with Crippen LogP contribution in [0.1, 0.15) is 25.3 Å². The molecular formula is C14H19N3O4. The summed E-state index contributed by atoms with van der Waals surface area (Å²) in [6, 6.07) is 4.90. The molecule has 0 saturated heterocycles. The Morgan fingerprint density at radius 2 is 2.24 bits per heavy atom. The molecule has 1 aliphatic rings. The summed E-state index contributed by atoms with van der Waals surface area (Å²) >= 11 is 0. The predicted octanol–water partition coefficient (Wildman–Crippen LogP) is 1.36. The van der Waals surface area contributed by atoms with Gasteiger partial charge in [0.25, 0.3) is 11.6 Å². The lowest BCUT2D eigenvalue weighted by molar-refractivity contribution is -0.384. The molecule has 114 valence electrons. The van der Waals surface area contributed by atoms with Gasteiger partial charge in [-0.2, -0.15) is 0 Å². The summed E-state index contributed by atoms with van der Waals surface area (Å²) in [6.45, 7) is 2.77. The lowest BCUT2D eigenvalue weighted by Gasteiger charge is -2.12. The van der Waals surface area contributed by atoms with Crippen LogP contribution >= 0.6 is 0 Å². The highest BCUT2D eigenvalue weighted by atomic mass is 16.6. The van der Waals surface area contributed by atoms with E-state index in [4.69, 9.17) is 4.74 Å². The van der Waals surface area contributed by atoms with Gasteiger partial charge in [-0.1, -0.05) is 0 Å². The monoisotopic (exact) mass is 293 g/mol. The molecule has 1 saturated carbocycles. The Morgan fingerprint density at radius 1 is 1.48 bits per heavy atom. The number of carbonyl (C=O) groups is 1. The van der Waals surface area contributed by atoms with Crippen LogP contribution in [0.4, 0.5) is 5.69 Å². The highest BCUT2D eigenvalue weighted by molar-refractivity contribution is 5.77. The number of amides is 1. The second-order valence-corrected chi connectivity index (χ2v) is 4.95. The van der Waals surface area contributed by atoms with E-state index in [9.17, 15) is 14.9 Å². The molecule has 1 aromatic rings. The van der Waals surface area contributed by atoms with Crippen molar-refractivity contribution < 1.29 is 14.5 Å². The molecule has 0 heterocycles. The summed E-state index contributed by atoms with van der Waals surface area (Å²) in [5, 5.41) is 16.8. The first-order valence-electron chi connectivity index (χ1n) is 7.00. The van der Waals surface area contributed by atoms with Crippen molar-refractivity contribution in [1.82, 2.24) is 10.6 Å². The minimum atomic E-state index is -0.436. The first kappa shape index (κ1) is 15.2. The Kier molecular flexibility index (Phi) is 5.10. The second kappa shape index (κ2) is 7.03. The van der Waals surface area contributed by atoms with Crippen LogP contribution in [0.2, 0.25) is 0 Å². The predicted molar refractivity (Wildman–Crippen MR) is 77.1 cm³/mol. The quantitative estimate of drug-likeness (QED) is 0.557. The van der Waals surface area contributed by atoms with Crippen molar-refractivity contribution in [2.45, 2.75) is 32.4 Å². The number of nitrogens with one attached hydrogen (secondary N) is 2. The lowest BCUT2D eigenvalue weighted by Crippen LogP contribution is -2.28. The summed E-state index contributed by atoms with van der Waals surface area (Å²) in [5.74, 6) is 0.289. The van der Waals surface area contributed by atoms with E-state index < -0.39 is 4.92 Å². The fourth-order valence-corrected chi connectivity index (χ4v) is 1.89. The van der Waals surface area contributed by atoms with Gasteiger partial charge in [-0.25, -0.2) is 0 Å². The summed E-state index contributed by atoms with van der Waals surface area (Å²) in [6.07, 6.45) is 2.26. The number of ether oxygens (including phenoxy) is 1. The zero-order valence-electron chi connectivity index (χ0n) is 11.9. The third kappa shape index (κ3) is 4.71. The van der Waals surface area contributed by atoms with E-state index in [1.807, 2.05) is 6.92 Å². The number of benzene rings is 1. The van der Waals surface area contributed by atoms with Crippen molar-refractivity contribution in [3.8, 4) is 5.75 Å². The molecule has 0 unspecified atom stereocenters. The van der Waals surface area contributed by atoms with Crippen molar-refractivity contribution in [1.29, 1.82) is 0 Å². The Labute approximate surface area is 122 Å². The molecule has 2 rings (SSSR count). The molecule has 0 aliphatic heterocycles. The zero-order chi connectivity index (χ0) is 15.2. The van der Waals surface area contributed by atoms with Crippen molar-refractivity contribution in [2.75, 3.05) is 13.2 Å². The van der Waals surface area contributed by atoms with Crippen LogP contribution in [0.15, 0.2) is 18.2 Å². The number of nitrogens with zero attached hydrogens (tertiary/aromatic N) is 1. The maximum absolute atomic E-state index is 11.4. The van der Waals surface area contributed by atoms with Crippen molar-refractivity contribution in [3.05, 3.63) is 33.9 Å². The number of non-ortho nitro benzene ring substituents is 1. The van der Waals surface area contributed by atoms with Crippen LogP contribution in [0, 0.1) is 10.1 Å². The number of hydrogen-bond acceptors (Lipinski definition) is 5. The van der Waals surface area contributed by atoms with Crippen LogP contribution in [-0.4, -0.2) is 30.0 Å². The number of hydrogen-bond donors (Lipinski definition) is 2. The molecule has 0 atom stereocenters. The Bertz CT molecular complexity index is 529. The van der Waals surface area contributed by atoms with E-state index in [-0.39, 0.29) is 18.2 Å².